The molecule has 166 valence electrons. The van der Waals surface area contributed by atoms with Crippen LogP contribution >= 0.6 is 0 Å². The SMILES string of the molecule is C=CCN1C(=O)C(C)(C)COc2cc(NS(=O)(=O)c3ccc(OC)cc3OC)ccc21. The molecule has 1 amide bonds. The standard InChI is InChI=1S/C22H26N2O6S/c1-6-11-24-17-9-7-15(12-18(17)30-14-22(2,3)21(24)25)23-31(26,27)20-10-8-16(28-4)13-19(20)29-5/h6-10,12-13,23H,1,11,14H2,2-5H3. The van der Waals surface area contributed by atoms with Gasteiger partial charge in [0.15, 0.2) is 0 Å². The number of ether oxygens (including phenoxy) is 3. The van der Waals surface area contributed by atoms with Crippen molar-refractivity contribution in [2.45, 2.75) is 18.7 Å². The molecule has 3 rings (SSSR count). The highest BCUT2D eigenvalue weighted by Gasteiger charge is 2.37. The number of amides is 1. The smallest absolute Gasteiger partial charge is 0.265 e. The molecule has 2 aromatic rings. The van der Waals surface area contributed by atoms with E-state index in [0.29, 0.717) is 29.4 Å². The van der Waals surface area contributed by atoms with E-state index in [1.165, 1.54) is 32.4 Å². The van der Waals surface area contributed by atoms with Gasteiger partial charge in [0.25, 0.3) is 10.0 Å². The Morgan fingerprint density at radius 1 is 1.19 bits per heavy atom. The molecule has 9 heteroatoms. The van der Waals surface area contributed by atoms with Gasteiger partial charge in [-0.05, 0) is 38.1 Å². The van der Waals surface area contributed by atoms with Crippen LogP contribution in [-0.4, -0.2) is 41.7 Å². The average molecular weight is 447 g/mol. The van der Waals surface area contributed by atoms with Crippen molar-refractivity contribution in [3.05, 3.63) is 49.1 Å². The molecule has 0 atom stereocenters. The van der Waals surface area contributed by atoms with E-state index in [1.54, 1.807) is 43.0 Å². The number of rotatable bonds is 7. The van der Waals surface area contributed by atoms with E-state index in [4.69, 9.17) is 14.2 Å². The summed E-state index contributed by atoms with van der Waals surface area (Å²) >= 11 is 0. The lowest BCUT2D eigenvalue weighted by Gasteiger charge is -2.27. The Morgan fingerprint density at radius 2 is 1.94 bits per heavy atom. The van der Waals surface area contributed by atoms with Crippen molar-refractivity contribution in [1.82, 2.24) is 0 Å². The highest BCUT2D eigenvalue weighted by molar-refractivity contribution is 7.92. The van der Waals surface area contributed by atoms with Crippen LogP contribution in [0.3, 0.4) is 0 Å². The van der Waals surface area contributed by atoms with E-state index in [2.05, 4.69) is 11.3 Å². The van der Waals surface area contributed by atoms with Gasteiger partial charge in [0.05, 0.1) is 31.0 Å². The van der Waals surface area contributed by atoms with Crippen molar-refractivity contribution >= 4 is 27.3 Å². The second kappa shape index (κ2) is 8.50. The lowest BCUT2D eigenvalue weighted by Crippen LogP contribution is -2.42. The Kier molecular flexibility index (Phi) is 6.17. The van der Waals surface area contributed by atoms with E-state index in [0.717, 1.165) is 0 Å². The first-order valence-electron chi connectivity index (χ1n) is 9.57. The number of nitrogens with zero attached hydrogens (tertiary/aromatic N) is 1. The second-order valence-corrected chi connectivity index (χ2v) is 9.33. The summed E-state index contributed by atoms with van der Waals surface area (Å²) in [7, 11) is -1.09. The van der Waals surface area contributed by atoms with Gasteiger partial charge in [-0.15, -0.1) is 6.58 Å². The van der Waals surface area contributed by atoms with Crippen molar-refractivity contribution < 1.29 is 27.4 Å². The number of hydrogen-bond donors (Lipinski definition) is 1. The molecule has 1 aliphatic heterocycles. The number of hydrogen-bond acceptors (Lipinski definition) is 6. The molecule has 8 nitrogen and oxygen atoms in total. The third kappa shape index (κ3) is 4.46. The second-order valence-electron chi connectivity index (χ2n) is 7.68. The summed E-state index contributed by atoms with van der Waals surface area (Å²) in [6.45, 7) is 7.80. The first-order valence-corrected chi connectivity index (χ1v) is 11.1. The molecule has 0 aromatic heterocycles. The topological polar surface area (TPSA) is 94.2 Å². The minimum atomic E-state index is -3.96. The summed E-state index contributed by atoms with van der Waals surface area (Å²) in [5, 5.41) is 0. The Labute approximate surface area is 182 Å². The van der Waals surface area contributed by atoms with E-state index >= 15 is 0 Å². The Hall–Kier alpha value is -3.20. The molecule has 0 saturated carbocycles. The van der Waals surface area contributed by atoms with Gasteiger partial charge in [0.1, 0.15) is 28.8 Å². The fraction of sp³-hybridized carbons (Fsp3) is 0.318. The molecular formula is C22H26N2O6S. The Morgan fingerprint density at radius 3 is 2.58 bits per heavy atom. The van der Waals surface area contributed by atoms with E-state index in [9.17, 15) is 13.2 Å². The quantitative estimate of drug-likeness (QED) is 0.655. The molecular weight excluding hydrogens is 420 g/mol. The average Bonchev–Trinajstić information content (AvgIpc) is 2.83. The van der Waals surface area contributed by atoms with Crippen molar-refractivity contribution in [1.29, 1.82) is 0 Å². The molecule has 0 saturated heterocycles. The fourth-order valence-electron chi connectivity index (χ4n) is 3.23. The van der Waals surface area contributed by atoms with Crippen LogP contribution in [0, 0.1) is 5.41 Å². The molecule has 1 N–H and O–H groups in total. The predicted molar refractivity (Wildman–Crippen MR) is 119 cm³/mol. The molecule has 2 aromatic carbocycles. The van der Waals surface area contributed by atoms with Crippen LogP contribution in [0.2, 0.25) is 0 Å². The van der Waals surface area contributed by atoms with Gasteiger partial charge in [0.2, 0.25) is 5.91 Å². The lowest BCUT2D eigenvalue weighted by atomic mass is 9.93. The molecule has 0 aliphatic carbocycles. The fourth-order valence-corrected chi connectivity index (χ4v) is 4.43. The van der Waals surface area contributed by atoms with Crippen LogP contribution in [0.4, 0.5) is 11.4 Å². The number of benzene rings is 2. The first kappa shape index (κ1) is 22.5. The Balaban J connectivity index is 1.97. The lowest BCUT2D eigenvalue weighted by molar-refractivity contribution is -0.127. The zero-order valence-electron chi connectivity index (χ0n) is 18.0. The van der Waals surface area contributed by atoms with Crippen molar-refractivity contribution in [2.75, 3.05) is 37.0 Å². The normalized spacial score (nSPS) is 15.4. The maximum Gasteiger partial charge on any atom is 0.265 e. The summed E-state index contributed by atoms with van der Waals surface area (Å²) in [6.07, 6.45) is 1.63. The highest BCUT2D eigenvalue weighted by atomic mass is 32.2. The van der Waals surface area contributed by atoms with Gasteiger partial charge in [-0.3, -0.25) is 9.52 Å². The van der Waals surface area contributed by atoms with Gasteiger partial charge in [-0.2, -0.15) is 0 Å². The van der Waals surface area contributed by atoms with Crippen LogP contribution < -0.4 is 23.8 Å². The summed E-state index contributed by atoms with van der Waals surface area (Å²) in [5.74, 6) is 0.941. The van der Waals surface area contributed by atoms with E-state index < -0.39 is 15.4 Å². The summed E-state index contributed by atoms with van der Waals surface area (Å²) in [5.41, 5.74) is 0.112. The number of fused-ring (bicyclic) bond motifs is 1. The number of carbonyl (C=O) groups excluding carboxylic acids is 1. The number of carbonyl (C=O) groups is 1. The highest BCUT2D eigenvalue weighted by Crippen LogP contribution is 2.39. The molecule has 0 bridgehead atoms. The molecule has 0 radical (unpaired) electrons. The van der Waals surface area contributed by atoms with Crippen LogP contribution in [0.1, 0.15) is 13.8 Å². The van der Waals surface area contributed by atoms with Crippen molar-refractivity contribution in [3.8, 4) is 17.2 Å². The number of nitrogens with one attached hydrogen (secondary N) is 1. The summed E-state index contributed by atoms with van der Waals surface area (Å²) < 4.78 is 44.7. The molecule has 1 aliphatic rings. The zero-order chi connectivity index (χ0) is 22.8. The zero-order valence-corrected chi connectivity index (χ0v) is 18.8. The monoisotopic (exact) mass is 446 g/mol. The predicted octanol–water partition coefficient (Wildman–Crippen LogP) is 3.44. The number of sulfonamides is 1. The molecule has 0 spiro atoms. The minimum absolute atomic E-state index is 0.0312. The molecule has 0 fully saturated rings. The van der Waals surface area contributed by atoms with E-state index in [1.807, 2.05) is 0 Å². The molecule has 31 heavy (non-hydrogen) atoms. The Bertz CT molecular complexity index is 1110. The largest absolute Gasteiger partial charge is 0.497 e. The van der Waals surface area contributed by atoms with Crippen LogP contribution in [0.5, 0.6) is 17.2 Å². The van der Waals surface area contributed by atoms with Crippen molar-refractivity contribution in [3.63, 3.8) is 0 Å². The van der Waals surface area contributed by atoms with Gasteiger partial charge >= 0.3 is 0 Å². The summed E-state index contributed by atoms with van der Waals surface area (Å²) in [6, 6.07) is 9.24. The molecule has 0 unspecified atom stereocenters. The van der Waals surface area contributed by atoms with Gasteiger partial charge < -0.3 is 19.1 Å². The van der Waals surface area contributed by atoms with Gasteiger partial charge in [-0.1, -0.05) is 6.08 Å². The first-order chi connectivity index (χ1) is 14.6. The number of methoxy groups -OCH3 is 2. The van der Waals surface area contributed by atoms with Crippen molar-refractivity contribution in [2.24, 2.45) is 5.41 Å². The minimum Gasteiger partial charge on any atom is -0.497 e. The van der Waals surface area contributed by atoms with Crippen LogP contribution in [-0.2, 0) is 14.8 Å². The van der Waals surface area contributed by atoms with Gasteiger partial charge in [0, 0.05) is 18.7 Å². The van der Waals surface area contributed by atoms with Crippen LogP contribution in [0.25, 0.3) is 0 Å². The van der Waals surface area contributed by atoms with Gasteiger partial charge in [-0.25, -0.2) is 8.42 Å². The number of anilines is 2. The third-order valence-corrected chi connectivity index (χ3v) is 6.31. The third-order valence-electron chi connectivity index (χ3n) is 4.89. The van der Waals surface area contributed by atoms with Crippen LogP contribution in [0.15, 0.2) is 53.9 Å². The summed E-state index contributed by atoms with van der Waals surface area (Å²) in [4.78, 5) is 14.5. The van der Waals surface area contributed by atoms with E-state index in [-0.39, 0.29) is 23.2 Å². The maximum atomic E-state index is 13.0. The maximum absolute atomic E-state index is 13.0. The molecule has 1 heterocycles.